The Morgan fingerprint density at radius 1 is 1.12 bits per heavy atom. The fraction of sp³-hybridized carbons (Fsp3) is 0.0714. The van der Waals surface area contributed by atoms with Crippen LogP contribution in [0.2, 0.25) is 0 Å². The molecule has 2 nitrogen and oxygen atoms in total. The number of carboxylic acid groups (broad SMARTS) is 1. The van der Waals surface area contributed by atoms with Gasteiger partial charge in [0, 0.05) is 0 Å². The lowest BCUT2D eigenvalue weighted by molar-refractivity contribution is -0.136. The number of halogens is 1. The summed E-state index contributed by atoms with van der Waals surface area (Å²) in [6.45, 7) is 0. The maximum atomic E-state index is 13.1. The zero-order chi connectivity index (χ0) is 12.3. The Labute approximate surface area is 98.3 Å². The Kier molecular flexibility index (Phi) is 3.19. The van der Waals surface area contributed by atoms with Gasteiger partial charge in [-0.3, -0.25) is 4.79 Å². The molecule has 0 radical (unpaired) electrons. The van der Waals surface area contributed by atoms with Crippen LogP contribution in [0.25, 0.3) is 11.1 Å². The second-order valence-electron chi connectivity index (χ2n) is 3.74. The highest BCUT2D eigenvalue weighted by atomic mass is 19.1. The van der Waals surface area contributed by atoms with Crippen molar-refractivity contribution in [1.29, 1.82) is 0 Å². The summed E-state index contributed by atoms with van der Waals surface area (Å²) in [5, 5.41) is 8.82. The molecule has 0 aliphatic rings. The summed E-state index contributed by atoms with van der Waals surface area (Å²) < 4.78 is 13.1. The fourth-order valence-corrected chi connectivity index (χ4v) is 1.78. The van der Waals surface area contributed by atoms with Crippen LogP contribution in [0.3, 0.4) is 0 Å². The van der Waals surface area contributed by atoms with Crippen molar-refractivity contribution in [3.63, 3.8) is 0 Å². The van der Waals surface area contributed by atoms with Gasteiger partial charge in [-0.05, 0) is 28.8 Å². The maximum Gasteiger partial charge on any atom is 0.307 e. The third-order valence-electron chi connectivity index (χ3n) is 2.49. The van der Waals surface area contributed by atoms with Gasteiger partial charge in [0.05, 0.1) is 6.42 Å². The Bertz CT molecular complexity index is 549. The zero-order valence-corrected chi connectivity index (χ0v) is 9.06. The Balaban J connectivity index is 2.47. The van der Waals surface area contributed by atoms with Crippen LogP contribution < -0.4 is 0 Å². The van der Waals surface area contributed by atoms with Gasteiger partial charge < -0.3 is 5.11 Å². The standard InChI is InChI=1S/C14H11FO2/c15-12-6-3-5-10(8-12)13-7-2-1-4-11(13)9-14(16)17/h1-8H,9H2,(H,16,17). The van der Waals surface area contributed by atoms with Crippen LogP contribution in [-0.4, -0.2) is 11.1 Å². The third-order valence-corrected chi connectivity index (χ3v) is 2.49. The number of hydrogen-bond donors (Lipinski definition) is 1. The van der Waals surface area contributed by atoms with Crippen LogP contribution in [0.4, 0.5) is 4.39 Å². The van der Waals surface area contributed by atoms with E-state index in [0.29, 0.717) is 11.1 Å². The van der Waals surface area contributed by atoms with Crippen molar-refractivity contribution in [2.45, 2.75) is 6.42 Å². The SMILES string of the molecule is O=C(O)Cc1ccccc1-c1cccc(F)c1. The molecule has 0 fully saturated rings. The minimum atomic E-state index is -0.895. The van der Waals surface area contributed by atoms with Gasteiger partial charge in [-0.2, -0.15) is 0 Å². The highest BCUT2D eigenvalue weighted by Gasteiger charge is 2.08. The van der Waals surface area contributed by atoms with Gasteiger partial charge in [0.1, 0.15) is 5.82 Å². The number of carboxylic acids is 1. The number of hydrogen-bond acceptors (Lipinski definition) is 1. The molecule has 0 aromatic heterocycles. The summed E-state index contributed by atoms with van der Waals surface area (Å²) in [6.07, 6.45) is -0.0628. The molecule has 3 heteroatoms. The van der Waals surface area contributed by atoms with Crippen LogP contribution in [0.15, 0.2) is 48.5 Å². The summed E-state index contributed by atoms with van der Waals surface area (Å²) in [7, 11) is 0. The van der Waals surface area contributed by atoms with Crippen molar-refractivity contribution < 1.29 is 14.3 Å². The maximum absolute atomic E-state index is 13.1. The van der Waals surface area contributed by atoms with E-state index in [1.165, 1.54) is 12.1 Å². The average molecular weight is 230 g/mol. The molecule has 0 bridgehead atoms. The van der Waals surface area contributed by atoms with Crippen molar-refractivity contribution in [1.82, 2.24) is 0 Å². The second kappa shape index (κ2) is 4.78. The highest BCUT2D eigenvalue weighted by Crippen LogP contribution is 2.24. The molecule has 1 N–H and O–H groups in total. The number of aliphatic carboxylic acids is 1. The van der Waals surface area contributed by atoms with Gasteiger partial charge in [0.2, 0.25) is 0 Å². The van der Waals surface area contributed by atoms with E-state index in [4.69, 9.17) is 5.11 Å². The quantitative estimate of drug-likeness (QED) is 0.879. The first-order valence-corrected chi connectivity index (χ1v) is 5.22. The summed E-state index contributed by atoms with van der Waals surface area (Å²) in [5.74, 6) is -1.22. The molecule has 0 heterocycles. The summed E-state index contributed by atoms with van der Waals surface area (Å²) >= 11 is 0. The Hall–Kier alpha value is -2.16. The van der Waals surface area contributed by atoms with Crippen LogP contribution in [-0.2, 0) is 11.2 Å². The van der Waals surface area contributed by atoms with E-state index in [0.717, 1.165) is 5.56 Å². The zero-order valence-electron chi connectivity index (χ0n) is 9.06. The first-order valence-electron chi connectivity index (χ1n) is 5.22. The number of benzene rings is 2. The molecule has 2 aromatic rings. The lowest BCUT2D eigenvalue weighted by Gasteiger charge is -2.07. The first-order chi connectivity index (χ1) is 8.16. The van der Waals surface area contributed by atoms with E-state index in [2.05, 4.69) is 0 Å². The number of rotatable bonds is 3. The third kappa shape index (κ3) is 2.69. The van der Waals surface area contributed by atoms with E-state index in [1.54, 1.807) is 30.3 Å². The molecule has 0 aliphatic carbocycles. The van der Waals surface area contributed by atoms with E-state index in [9.17, 15) is 9.18 Å². The van der Waals surface area contributed by atoms with Gasteiger partial charge in [0.25, 0.3) is 0 Å². The molecule has 0 amide bonds. The molecule has 0 saturated heterocycles. The first kappa shape index (κ1) is 11.3. The average Bonchev–Trinajstić information content (AvgIpc) is 2.29. The molecular weight excluding hydrogens is 219 g/mol. The predicted octanol–water partition coefficient (Wildman–Crippen LogP) is 3.12. The Morgan fingerprint density at radius 3 is 2.59 bits per heavy atom. The van der Waals surface area contributed by atoms with Crippen LogP contribution in [0, 0.1) is 5.82 Å². The van der Waals surface area contributed by atoms with E-state index >= 15 is 0 Å². The lowest BCUT2D eigenvalue weighted by atomic mass is 9.98. The number of carbonyl (C=O) groups is 1. The minimum Gasteiger partial charge on any atom is -0.481 e. The summed E-state index contributed by atoms with van der Waals surface area (Å²) in [6, 6.07) is 13.3. The molecule has 2 aromatic carbocycles. The smallest absolute Gasteiger partial charge is 0.307 e. The largest absolute Gasteiger partial charge is 0.481 e. The summed E-state index contributed by atoms with van der Waals surface area (Å²) in [4.78, 5) is 10.7. The molecular formula is C14H11FO2. The van der Waals surface area contributed by atoms with Gasteiger partial charge >= 0.3 is 5.97 Å². The Morgan fingerprint density at radius 2 is 1.88 bits per heavy atom. The van der Waals surface area contributed by atoms with E-state index < -0.39 is 5.97 Å². The predicted molar refractivity (Wildman–Crippen MR) is 63.2 cm³/mol. The normalized spacial score (nSPS) is 10.2. The molecule has 0 atom stereocenters. The van der Waals surface area contributed by atoms with Gasteiger partial charge in [-0.1, -0.05) is 36.4 Å². The van der Waals surface area contributed by atoms with Crippen LogP contribution >= 0.6 is 0 Å². The van der Waals surface area contributed by atoms with Gasteiger partial charge in [-0.15, -0.1) is 0 Å². The topological polar surface area (TPSA) is 37.3 Å². The molecule has 86 valence electrons. The second-order valence-corrected chi connectivity index (χ2v) is 3.74. The molecule has 0 saturated carbocycles. The van der Waals surface area contributed by atoms with E-state index in [-0.39, 0.29) is 12.2 Å². The van der Waals surface area contributed by atoms with Crippen LogP contribution in [0.1, 0.15) is 5.56 Å². The van der Waals surface area contributed by atoms with Crippen molar-refractivity contribution in [3.05, 3.63) is 59.9 Å². The minimum absolute atomic E-state index is 0.0628. The van der Waals surface area contributed by atoms with Crippen LogP contribution in [0.5, 0.6) is 0 Å². The molecule has 2 rings (SSSR count). The fourth-order valence-electron chi connectivity index (χ4n) is 1.78. The van der Waals surface area contributed by atoms with Crippen molar-refractivity contribution in [2.75, 3.05) is 0 Å². The van der Waals surface area contributed by atoms with Gasteiger partial charge in [-0.25, -0.2) is 4.39 Å². The monoisotopic (exact) mass is 230 g/mol. The lowest BCUT2D eigenvalue weighted by Crippen LogP contribution is -2.01. The molecule has 0 spiro atoms. The van der Waals surface area contributed by atoms with E-state index in [1.807, 2.05) is 6.07 Å². The van der Waals surface area contributed by atoms with Crippen molar-refractivity contribution in [3.8, 4) is 11.1 Å². The van der Waals surface area contributed by atoms with Crippen molar-refractivity contribution in [2.24, 2.45) is 0 Å². The summed E-state index contributed by atoms with van der Waals surface area (Å²) in [5.41, 5.74) is 2.14. The molecule has 0 aliphatic heterocycles. The molecule has 17 heavy (non-hydrogen) atoms. The van der Waals surface area contributed by atoms with Gasteiger partial charge in [0.15, 0.2) is 0 Å². The van der Waals surface area contributed by atoms with Crippen molar-refractivity contribution >= 4 is 5.97 Å². The highest BCUT2D eigenvalue weighted by molar-refractivity contribution is 5.76. The molecule has 0 unspecified atom stereocenters.